The number of likely N-dealkylation sites (tertiary alicyclic amines) is 1. The number of hydrogen-bond acceptors (Lipinski definition) is 4. The van der Waals surface area contributed by atoms with Gasteiger partial charge in [0.25, 0.3) is 0 Å². The lowest BCUT2D eigenvalue weighted by Crippen LogP contribution is -2.42. The second-order valence-corrected chi connectivity index (χ2v) is 8.18. The SMILES string of the molecule is CN(C)S(=O)(=O)NC(=O)CC1CCC(=O)N1Cc1cccc(Cl)c1. The van der Waals surface area contributed by atoms with E-state index in [4.69, 9.17) is 11.6 Å². The summed E-state index contributed by atoms with van der Waals surface area (Å²) in [6.45, 7) is 0.345. The lowest BCUT2D eigenvalue weighted by atomic mass is 10.1. The number of carbonyl (C=O) groups is 2. The zero-order chi connectivity index (χ0) is 17.9. The van der Waals surface area contributed by atoms with E-state index in [1.165, 1.54) is 14.1 Å². The van der Waals surface area contributed by atoms with Gasteiger partial charge in [0.2, 0.25) is 11.8 Å². The number of nitrogens with one attached hydrogen (secondary N) is 1. The minimum Gasteiger partial charge on any atom is -0.335 e. The molecule has 1 aromatic rings. The van der Waals surface area contributed by atoms with Crippen molar-refractivity contribution in [2.75, 3.05) is 14.1 Å². The molecule has 1 atom stereocenters. The van der Waals surface area contributed by atoms with Crippen LogP contribution < -0.4 is 4.72 Å². The van der Waals surface area contributed by atoms with Crippen LogP contribution in [0.15, 0.2) is 24.3 Å². The second kappa shape index (κ2) is 7.50. The monoisotopic (exact) mass is 373 g/mol. The highest BCUT2D eigenvalue weighted by Gasteiger charge is 2.33. The van der Waals surface area contributed by atoms with Crippen LogP contribution in [0.5, 0.6) is 0 Å². The molecule has 2 amide bonds. The van der Waals surface area contributed by atoms with Crippen molar-refractivity contribution < 1.29 is 18.0 Å². The van der Waals surface area contributed by atoms with Crippen molar-refractivity contribution in [3.63, 3.8) is 0 Å². The van der Waals surface area contributed by atoms with Gasteiger partial charge in [0, 0.05) is 44.5 Å². The van der Waals surface area contributed by atoms with Crippen molar-refractivity contribution in [3.05, 3.63) is 34.9 Å². The van der Waals surface area contributed by atoms with Crippen LogP contribution in [0.4, 0.5) is 0 Å². The quantitative estimate of drug-likeness (QED) is 0.810. The topological polar surface area (TPSA) is 86.8 Å². The van der Waals surface area contributed by atoms with Crippen molar-refractivity contribution in [1.29, 1.82) is 0 Å². The summed E-state index contributed by atoms with van der Waals surface area (Å²) in [4.78, 5) is 25.7. The number of benzene rings is 1. The number of halogens is 1. The summed E-state index contributed by atoms with van der Waals surface area (Å²) in [6.07, 6.45) is 0.813. The Morgan fingerprint density at radius 1 is 1.42 bits per heavy atom. The molecule has 1 heterocycles. The predicted molar refractivity (Wildman–Crippen MR) is 90.4 cm³/mol. The molecule has 0 radical (unpaired) electrons. The molecule has 0 spiro atoms. The van der Waals surface area contributed by atoms with E-state index < -0.39 is 16.1 Å². The fraction of sp³-hybridized carbons (Fsp3) is 0.467. The maximum atomic E-state index is 12.1. The van der Waals surface area contributed by atoms with Gasteiger partial charge in [0.15, 0.2) is 0 Å². The van der Waals surface area contributed by atoms with Gasteiger partial charge in [-0.1, -0.05) is 23.7 Å². The molecule has 1 saturated heterocycles. The normalized spacial score (nSPS) is 18.2. The molecule has 1 unspecified atom stereocenters. The minimum absolute atomic E-state index is 0.0526. The highest BCUT2D eigenvalue weighted by Crippen LogP contribution is 2.24. The number of rotatable bonds is 6. The van der Waals surface area contributed by atoms with Crippen LogP contribution >= 0.6 is 11.6 Å². The second-order valence-electron chi connectivity index (χ2n) is 5.86. The van der Waals surface area contributed by atoms with E-state index in [-0.39, 0.29) is 18.4 Å². The molecule has 1 N–H and O–H groups in total. The Morgan fingerprint density at radius 2 is 2.12 bits per heavy atom. The first kappa shape index (κ1) is 18.7. The van der Waals surface area contributed by atoms with E-state index in [0.717, 1.165) is 9.87 Å². The molecule has 1 aliphatic heterocycles. The van der Waals surface area contributed by atoms with Crippen LogP contribution in [-0.2, 0) is 26.3 Å². The lowest BCUT2D eigenvalue weighted by molar-refractivity contribution is -0.130. The number of amides is 2. The van der Waals surface area contributed by atoms with Crippen molar-refractivity contribution in [3.8, 4) is 0 Å². The first-order chi connectivity index (χ1) is 11.2. The Morgan fingerprint density at radius 3 is 2.75 bits per heavy atom. The van der Waals surface area contributed by atoms with Gasteiger partial charge >= 0.3 is 10.2 Å². The lowest BCUT2D eigenvalue weighted by Gasteiger charge is -2.25. The molecule has 2 rings (SSSR count). The summed E-state index contributed by atoms with van der Waals surface area (Å²) in [5, 5.41) is 0.575. The van der Waals surface area contributed by atoms with Crippen LogP contribution in [0.3, 0.4) is 0 Å². The van der Waals surface area contributed by atoms with Crippen LogP contribution in [-0.4, -0.2) is 49.6 Å². The first-order valence-electron chi connectivity index (χ1n) is 7.46. The van der Waals surface area contributed by atoms with E-state index >= 15 is 0 Å². The molecule has 0 aliphatic carbocycles. The van der Waals surface area contributed by atoms with Crippen molar-refractivity contribution in [2.45, 2.75) is 31.8 Å². The summed E-state index contributed by atoms with van der Waals surface area (Å²) < 4.78 is 26.3. The van der Waals surface area contributed by atoms with Gasteiger partial charge in [-0.2, -0.15) is 12.7 Å². The largest absolute Gasteiger partial charge is 0.335 e. The van der Waals surface area contributed by atoms with Gasteiger partial charge in [0.1, 0.15) is 0 Å². The van der Waals surface area contributed by atoms with E-state index in [1.807, 2.05) is 10.8 Å². The zero-order valence-electron chi connectivity index (χ0n) is 13.5. The van der Waals surface area contributed by atoms with E-state index in [2.05, 4.69) is 0 Å². The third-order valence-electron chi connectivity index (χ3n) is 3.84. The van der Waals surface area contributed by atoms with Gasteiger partial charge in [0.05, 0.1) is 0 Å². The van der Waals surface area contributed by atoms with Crippen molar-refractivity contribution in [1.82, 2.24) is 13.9 Å². The highest BCUT2D eigenvalue weighted by molar-refractivity contribution is 7.87. The molecular formula is C15H20ClN3O4S. The van der Waals surface area contributed by atoms with E-state index in [9.17, 15) is 18.0 Å². The van der Waals surface area contributed by atoms with E-state index in [0.29, 0.717) is 24.4 Å². The van der Waals surface area contributed by atoms with Crippen molar-refractivity contribution >= 4 is 33.6 Å². The van der Waals surface area contributed by atoms with Gasteiger partial charge in [-0.3, -0.25) is 9.59 Å². The molecule has 0 bridgehead atoms. The van der Waals surface area contributed by atoms with Crippen molar-refractivity contribution in [2.24, 2.45) is 0 Å². The van der Waals surface area contributed by atoms with Gasteiger partial charge in [-0.05, 0) is 24.1 Å². The summed E-state index contributed by atoms with van der Waals surface area (Å²) in [5.74, 6) is -0.678. The molecule has 0 aromatic heterocycles. The summed E-state index contributed by atoms with van der Waals surface area (Å²) in [7, 11) is -1.15. The molecule has 24 heavy (non-hydrogen) atoms. The van der Waals surface area contributed by atoms with Gasteiger partial charge in [-0.25, -0.2) is 4.72 Å². The summed E-state index contributed by atoms with van der Waals surface area (Å²) in [6, 6.07) is 6.83. The molecule has 7 nitrogen and oxygen atoms in total. The van der Waals surface area contributed by atoms with E-state index in [1.54, 1.807) is 23.1 Å². The Kier molecular flexibility index (Phi) is 5.84. The summed E-state index contributed by atoms with van der Waals surface area (Å²) in [5.41, 5.74) is 0.865. The average Bonchev–Trinajstić information content (AvgIpc) is 2.79. The summed E-state index contributed by atoms with van der Waals surface area (Å²) >= 11 is 5.95. The number of carbonyl (C=O) groups excluding carboxylic acids is 2. The van der Waals surface area contributed by atoms with Crippen LogP contribution in [0.1, 0.15) is 24.8 Å². The smallest absolute Gasteiger partial charge is 0.303 e. The minimum atomic E-state index is -3.82. The molecule has 1 fully saturated rings. The maximum Gasteiger partial charge on any atom is 0.303 e. The van der Waals surface area contributed by atoms with Gasteiger partial charge in [-0.15, -0.1) is 0 Å². The third-order valence-corrected chi connectivity index (χ3v) is 5.52. The molecular weight excluding hydrogens is 354 g/mol. The van der Waals surface area contributed by atoms with Crippen LogP contribution in [0.25, 0.3) is 0 Å². The number of nitrogens with zero attached hydrogens (tertiary/aromatic N) is 2. The molecule has 1 aliphatic rings. The third kappa shape index (κ3) is 4.68. The highest BCUT2D eigenvalue weighted by atomic mass is 35.5. The molecule has 1 aromatic carbocycles. The fourth-order valence-corrected chi connectivity index (χ4v) is 3.31. The Balaban J connectivity index is 2.04. The predicted octanol–water partition coefficient (Wildman–Crippen LogP) is 1.14. The molecule has 9 heteroatoms. The van der Waals surface area contributed by atoms with Crippen LogP contribution in [0.2, 0.25) is 5.02 Å². The Bertz CT molecular complexity index is 736. The maximum absolute atomic E-state index is 12.1. The average molecular weight is 374 g/mol. The van der Waals surface area contributed by atoms with Crippen LogP contribution in [0, 0.1) is 0 Å². The fourth-order valence-electron chi connectivity index (χ4n) is 2.55. The Labute approximate surface area is 146 Å². The molecule has 132 valence electrons. The zero-order valence-corrected chi connectivity index (χ0v) is 15.1. The standard InChI is InChI=1S/C15H20ClN3O4S/c1-18(2)24(22,23)17-14(20)9-13-6-7-15(21)19(13)10-11-4-3-5-12(16)8-11/h3-5,8,13H,6-7,9-10H2,1-2H3,(H,17,20). The van der Waals surface area contributed by atoms with Gasteiger partial charge < -0.3 is 4.90 Å². The first-order valence-corrected chi connectivity index (χ1v) is 9.28. The number of hydrogen-bond donors (Lipinski definition) is 1. The Hall–Kier alpha value is -1.64. The molecule has 0 saturated carbocycles.